The first-order valence-corrected chi connectivity index (χ1v) is 5.40. The molecule has 0 saturated heterocycles. The van der Waals surface area contributed by atoms with Crippen molar-refractivity contribution in [2.24, 2.45) is 5.41 Å². The van der Waals surface area contributed by atoms with Gasteiger partial charge >= 0.3 is 5.97 Å². The maximum absolute atomic E-state index is 11.5. The molecular weight excluding hydrogens is 188 g/mol. The number of para-hydroxylation sites is 1. The van der Waals surface area contributed by atoms with Crippen molar-refractivity contribution in [1.29, 1.82) is 0 Å². The molecule has 0 aliphatic carbocycles. The normalized spacial score (nSPS) is 16.9. The third kappa shape index (κ3) is 2.38. The summed E-state index contributed by atoms with van der Waals surface area (Å²) in [6, 6.07) is 7.69. The Morgan fingerprint density at radius 1 is 1.20 bits per heavy atom. The molecule has 1 aromatic rings. The van der Waals surface area contributed by atoms with Crippen LogP contribution in [0.1, 0.15) is 33.3 Å². The van der Waals surface area contributed by atoms with Gasteiger partial charge in [-0.15, -0.1) is 0 Å². The molecule has 0 unspecified atom stereocenters. The standard InChI is InChI=1S/C11H12O2.C2H6/c1-11(2)7-8-5-3-4-6-9(8)13-10(11)12;1-2/h3-6H,7H2,1-2H3;1-2H3. The molecule has 0 radical (unpaired) electrons. The maximum Gasteiger partial charge on any atom is 0.317 e. The summed E-state index contributed by atoms with van der Waals surface area (Å²) in [5.41, 5.74) is 0.737. The third-order valence-corrected chi connectivity index (χ3v) is 2.36. The Bertz CT molecular complexity index is 353. The van der Waals surface area contributed by atoms with E-state index in [2.05, 4.69) is 0 Å². The lowest BCUT2D eigenvalue weighted by Crippen LogP contribution is -2.35. The van der Waals surface area contributed by atoms with Crippen molar-refractivity contribution in [3.05, 3.63) is 29.8 Å². The van der Waals surface area contributed by atoms with Gasteiger partial charge in [-0.1, -0.05) is 32.0 Å². The number of rotatable bonds is 0. The van der Waals surface area contributed by atoms with Crippen LogP contribution in [0.2, 0.25) is 0 Å². The smallest absolute Gasteiger partial charge is 0.317 e. The van der Waals surface area contributed by atoms with Crippen molar-refractivity contribution in [2.75, 3.05) is 0 Å². The summed E-state index contributed by atoms with van der Waals surface area (Å²) in [5.74, 6) is 0.582. The van der Waals surface area contributed by atoms with Gasteiger partial charge in [-0.25, -0.2) is 0 Å². The van der Waals surface area contributed by atoms with Gasteiger partial charge in [0.25, 0.3) is 0 Å². The van der Waals surface area contributed by atoms with Crippen LogP contribution in [0.3, 0.4) is 0 Å². The zero-order valence-electron chi connectivity index (χ0n) is 9.83. The highest BCUT2D eigenvalue weighted by atomic mass is 16.5. The second-order valence-corrected chi connectivity index (χ2v) is 4.06. The molecule has 15 heavy (non-hydrogen) atoms. The number of benzene rings is 1. The SMILES string of the molecule is CC.CC1(C)Cc2ccccc2OC1=O. The summed E-state index contributed by atoms with van der Waals surface area (Å²) in [5, 5.41) is 0. The Labute approximate surface area is 91.3 Å². The fraction of sp³-hybridized carbons (Fsp3) is 0.462. The molecular formula is C13H18O2. The van der Waals surface area contributed by atoms with Crippen molar-refractivity contribution in [2.45, 2.75) is 34.1 Å². The summed E-state index contributed by atoms with van der Waals surface area (Å²) in [7, 11) is 0. The van der Waals surface area contributed by atoms with E-state index in [0.29, 0.717) is 5.75 Å². The minimum Gasteiger partial charge on any atom is -0.426 e. The summed E-state index contributed by atoms with van der Waals surface area (Å²) >= 11 is 0. The molecule has 82 valence electrons. The summed E-state index contributed by atoms with van der Waals surface area (Å²) < 4.78 is 5.21. The van der Waals surface area contributed by atoms with E-state index < -0.39 is 0 Å². The van der Waals surface area contributed by atoms with Crippen LogP contribution in [0.15, 0.2) is 24.3 Å². The fourth-order valence-corrected chi connectivity index (χ4v) is 1.54. The van der Waals surface area contributed by atoms with Gasteiger partial charge in [-0.05, 0) is 31.9 Å². The molecule has 1 aromatic carbocycles. The second kappa shape index (κ2) is 4.47. The zero-order valence-corrected chi connectivity index (χ0v) is 9.83. The zero-order chi connectivity index (χ0) is 11.5. The van der Waals surface area contributed by atoms with Crippen molar-refractivity contribution in [3.8, 4) is 5.75 Å². The van der Waals surface area contributed by atoms with E-state index in [-0.39, 0.29) is 11.4 Å². The lowest BCUT2D eigenvalue weighted by Gasteiger charge is -2.28. The highest BCUT2D eigenvalue weighted by Crippen LogP contribution is 2.34. The largest absolute Gasteiger partial charge is 0.426 e. The number of hydrogen-bond acceptors (Lipinski definition) is 2. The molecule has 0 aromatic heterocycles. The molecule has 0 N–H and O–H groups in total. The van der Waals surface area contributed by atoms with Crippen LogP contribution >= 0.6 is 0 Å². The van der Waals surface area contributed by atoms with E-state index in [4.69, 9.17) is 4.74 Å². The number of ether oxygens (including phenoxy) is 1. The van der Waals surface area contributed by atoms with E-state index >= 15 is 0 Å². The quantitative estimate of drug-likeness (QED) is 0.481. The average Bonchev–Trinajstić information content (AvgIpc) is 2.22. The fourth-order valence-electron chi connectivity index (χ4n) is 1.54. The average molecular weight is 206 g/mol. The maximum atomic E-state index is 11.5. The van der Waals surface area contributed by atoms with Crippen molar-refractivity contribution in [1.82, 2.24) is 0 Å². The van der Waals surface area contributed by atoms with Gasteiger partial charge in [0, 0.05) is 0 Å². The van der Waals surface area contributed by atoms with Crippen LogP contribution in [-0.2, 0) is 11.2 Å². The Kier molecular flexibility index (Phi) is 3.51. The molecule has 0 saturated carbocycles. The van der Waals surface area contributed by atoms with E-state index in [1.54, 1.807) is 0 Å². The van der Waals surface area contributed by atoms with Gasteiger partial charge in [0.15, 0.2) is 0 Å². The molecule has 2 heteroatoms. The molecule has 1 aliphatic rings. The summed E-state index contributed by atoms with van der Waals surface area (Å²) in [4.78, 5) is 11.5. The van der Waals surface area contributed by atoms with Crippen molar-refractivity contribution in [3.63, 3.8) is 0 Å². The molecule has 1 heterocycles. The topological polar surface area (TPSA) is 26.3 Å². The first-order valence-electron chi connectivity index (χ1n) is 5.40. The summed E-state index contributed by atoms with van der Waals surface area (Å²) in [6.45, 7) is 7.82. The molecule has 0 atom stereocenters. The van der Waals surface area contributed by atoms with Gasteiger partial charge in [0.1, 0.15) is 5.75 Å². The molecule has 2 rings (SSSR count). The second-order valence-electron chi connectivity index (χ2n) is 4.06. The van der Waals surface area contributed by atoms with Gasteiger partial charge in [0.05, 0.1) is 5.41 Å². The highest BCUT2D eigenvalue weighted by molar-refractivity contribution is 5.81. The number of fused-ring (bicyclic) bond motifs is 1. The van der Waals surface area contributed by atoms with Gasteiger partial charge in [0.2, 0.25) is 0 Å². The Morgan fingerprint density at radius 3 is 2.47 bits per heavy atom. The van der Waals surface area contributed by atoms with E-state index in [9.17, 15) is 4.79 Å². The number of carbonyl (C=O) groups excluding carboxylic acids is 1. The van der Waals surface area contributed by atoms with Crippen LogP contribution in [0.5, 0.6) is 5.75 Å². The molecule has 0 bridgehead atoms. The van der Waals surface area contributed by atoms with Crippen LogP contribution in [0, 0.1) is 5.41 Å². The van der Waals surface area contributed by atoms with Gasteiger partial charge in [-0.3, -0.25) is 4.79 Å². The Morgan fingerprint density at radius 2 is 1.80 bits per heavy atom. The van der Waals surface area contributed by atoms with E-state index in [0.717, 1.165) is 12.0 Å². The van der Waals surface area contributed by atoms with Crippen LogP contribution < -0.4 is 4.74 Å². The predicted molar refractivity (Wildman–Crippen MR) is 60.9 cm³/mol. The number of carbonyl (C=O) groups is 1. The molecule has 0 fully saturated rings. The molecule has 0 amide bonds. The highest BCUT2D eigenvalue weighted by Gasteiger charge is 2.35. The molecule has 0 spiro atoms. The first kappa shape index (κ1) is 11.8. The first-order chi connectivity index (χ1) is 7.09. The van der Waals surface area contributed by atoms with Crippen LogP contribution in [0.25, 0.3) is 0 Å². The minimum atomic E-state index is -0.381. The third-order valence-electron chi connectivity index (χ3n) is 2.36. The van der Waals surface area contributed by atoms with Gasteiger partial charge in [-0.2, -0.15) is 0 Å². The Balaban J connectivity index is 0.000000531. The Hall–Kier alpha value is -1.31. The van der Waals surface area contributed by atoms with Crippen LogP contribution in [0.4, 0.5) is 0 Å². The van der Waals surface area contributed by atoms with E-state index in [1.165, 1.54) is 0 Å². The lowest BCUT2D eigenvalue weighted by atomic mass is 9.84. The molecule has 1 aliphatic heterocycles. The van der Waals surface area contributed by atoms with Crippen molar-refractivity contribution < 1.29 is 9.53 Å². The monoisotopic (exact) mass is 206 g/mol. The van der Waals surface area contributed by atoms with Gasteiger partial charge < -0.3 is 4.74 Å². The predicted octanol–water partition coefficient (Wildman–Crippen LogP) is 3.20. The minimum absolute atomic E-state index is 0.133. The molecule has 2 nitrogen and oxygen atoms in total. The van der Waals surface area contributed by atoms with E-state index in [1.807, 2.05) is 52.0 Å². The van der Waals surface area contributed by atoms with Crippen LogP contribution in [-0.4, -0.2) is 5.97 Å². The number of esters is 1. The summed E-state index contributed by atoms with van der Waals surface area (Å²) in [6.07, 6.45) is 0.766. The number of hydrogen-bond donors (Lipinski definition) is 0. The lowest BCUT2D eigenvalue weighted by molar-refractivity contribution is -0.145. The van der Waals surface area contributed by atoms with Crippen molar-refractivity contribution >= 4 is 5.97 Å².